The summed E-state index contributed by atoms with van der Waals surface area (Å²) in [6, 6.07) is 4.77. The lowest BCUT2D eigenvalue weighted by Crippen LogP contribution is -2.29. The zero-order chi connectivity index (χ0) is 19.5. The molecule has 2 heterocycles. The molecular weight excluding hydrogens is 356 g/mol. The van der Waals surface area contributed by atoms with E-state index in [1.165, 1.54) is 13.8 Å². The molecule has 10 heteroatoms. The number of carbonyl (C=O) groups excluding carboxylic acids is 1. The lowest BCUT2D eigenvalue weighted by atomic mass is 10.1. The molecule has 0 bridgehead atoms. The summed E-state index contributed by atoms with van der Waals surface area (Å²) >= 11 is 0. The summed E-state index contributed by atoms with van der Waals surface area (Å²) in [5.41, 5.74) is -3.73. The van der Waals surface area contributed by atoms with Crippen LogP contribution in [0, 0.1) is 17.1 Å². The lowest BCUT2D eigenvalue weighted by molar-refractivity contribution is -0.140. The average molecular weight is 368 g/mol. The predicted octanol–water partition coefficient (Wildman–Crippen LogP) is 4.15. The molecule has 0 radical (unpaired) electrons. The third-order valence-electron chi connectivity index (χ3n) is 3.02. The van der Waals surface area contributed by atoms with Gasteiger partial charge in [0.2, 0.25) is 0 Å². The normalized spacial score (nSPS) is 11.6. The highest BCUT2D eigenvalue weighted by atomic mass is 19.4. The quantitative estimate of drug-likeness (QED) is 0.822. The first-order valence-corrected chi connectivity index (χ1v) is 7.12. The molecule has 0 spiro atoms. The molecule has 2 aromatic rings. The van der Waals surface area contributed by atoms with Crippen LogP contribution in [-0.4, -0.2) is 21.7 Å². The van der Waals surface area contributed by atoms with Crippen molar-refractivity contribution in [3.05, 3.63) is 42.1 Å². The van der Waals surface area contributed by atoms with Crippen LogP contribution in [0.1, 0.15) is 19.5 Å². The summed E-state index contributed by atoms with van der Waals surface area (Å²) in [7, 11) is 0. The van der Waals surface area contributed by atoms with Gasteiger partial charge in [0.05, 0.1) is 17.6 Å². The Morgan fingerprint density at radius 3 is 2.54 bits per heavy atom. The smallest absolute Gasteiger partial charge is 0.428 e. The second-order valence-electron chi connectivity index (χ2n) is 5.62. The van der Waals surface area contributed by atoms with Crippen LogP contribution in [0.2, 0.25) is 0 Å². The predicted molar refractivity (Wildman–Crippen MR) is 82.2 cm³/mol. The van der Waals surface area contributed by atoms with Gasteiger partial charge in [0.25, 0.3) is 0 Å². The zero-order valence-electron chi connectivity index (χ0n) is 13.6. The van der Waals surface area contributed by atoms with Crippen molar-refractivity contribution >= 4 is 11.8 Å². The minimum absolute atomic E-state index is 0.0373. The zero-order valence-corrected chi connectivity index (χ0v) is 13.6. The standard InChI is InChI=1S/C16H12F4N4O2/c1-15(2,8-21)26-14(25)24-12-4-3-11(23-13(12)16(18,19)20)9-5-10(17)7-22-6-9/h3-7H,1-2H3,(H,24,25). The molecule has 0 aliphatic heterocycles. The van der Waals surface area contributed by atoms with Gasteiger partial charge in [-0.15, -0.1) is 0 Å². The molecule has 0 atom stereocenters. The maximum Gasteiger partial charge on any atom is 0.435 e. The second kappa shape index (κ2) is 6.95. The number of aromatic nitrogens is 2. The number of anilines is 1. The fraction of sp³-hybridized carbons (Fsp3) is 0.250. The number of nitrogens with zero attached hydrogens (tertiary/aromatic N) is 3. The molecule has 0 aliphatic rings. The van der Waals surface area contributed by atoms with Gasteiger partial charge < -0.3 is 4.74 Å². The first-order valence-electron chi connectivity index (χ1n) is 7.12. The number of pyridine rings is 2. The fourth-order valence-electron chi connectivity index (χ4n) is 1.88. The van der Waals surface area contributed by atoms with E-state index in [1.54, 1.807) is 6.07 Å². The van der Waals surface area contributed by atoms with Crippen molar-refractivity contribution in [1.29, 1.82) is 5.26 Å². The van der Waals surface area contributed by atoms with Gasteiger partial charge in [0.1, 0.15) is 11.9 Å². The van der Waals surface area contributed by atoms with Gasteiger partial charge in [-0.3, -0.25) is 10.3 Å². The fourth-order valence-corrected chi connectivity index (χ4v) is 1.88. The number of halogens is 4. The number of nitrogens with one attached hydrogen (secondary N) is 1. The largest absolute Gasteiger partial charge is 0.435 e. The van der Waals surface area contributed by atoms with Gasteiger partial charge >= 0.3 is 12.3 Å². The van der Waals surface area contributed by atoms with E-state index in [0.717, 1.165) is 30.6 Å². The van der Waals surface area contributed by atoms with Crippen molar-refractivity contribution in [3.63, 3.8) is 0 Å². The van der Waals surface area contributed by atoms with E-state index in [1.807, 2.05) is 5.32 Å². The third kappa shape index (κ3) is 4.66. The molecule has 0 saturated heterocycles. The maximum atomic E-state index is 13.3. The summed E-state index contributed by atoms with van der Waals surface area (Å²) in [6.07, 6.45) is -4.09. The van der Waals surface area contributed by atoms with Crippen LogP contribution in [0.25, 0.3) is 11.3 Å². The van der Waals surface area contributed by atoms with Crippen molar-refractivity contribution in [1.82, 2.24) is 9.97 Å². The highest BCUT2D eigenvalue weighted by Gasteiger charge is 2.37. The molecular formula is C16H12F4N4O2. The van der Waals surface area contributed by atoms with Crippen molar-refractivity contribution in [2.24, 2.45) is 0 Å². The number of nitriles is 1. The van der Waals surface area contributed by atoms with Gasteiger partial charge in [-0.2, -0.15) is 18.4 Å². The van der Waals surface area contributed by atoms with Crippen LogP contribution in [0.5, 0.6) is 0 Å². The number of alkyl halides is 3. The van der Waals surface area contributed by atoms with Crippen LogP contribution in [0.3, 0.4) is 0 Å². The molecule has 6 nitrogen and oxygen atoms in total. The topological polar surface area (TPSA) is 87.9 Å². The van der Waals surface area contributed by atoms with E-state index in [2.05, 4.69) is 9.97 Å². The Kier molecular flexibility index (Phi) is 5.11. The van der Waals surface area contributed by atoms with Gasteiger partial charge in [-0.25, -0.2) is 14.2 Å². The van der Waals surface area contributed by atoms with E-state index in [9.17, 15) is 22.4 Å². The average Bonchev–Trinajstić information content (AvgIpc) is 2.53. The molecule has 2 aromatic heterocycles. The number of amides is 1. The van der Waals surface area contributed by atoms with E-state index >= 15 is 0 Å². The molecule has 0 unspecified atom stereocenters. The van der Waals surface area contributed by atoms with Gasteiger partial charge in [-0.1, -0.05) is 0 Å². The Hall–Kier alpha value is -3.22. The van der Waals surface area contributed by atoms with E-state index in [4.69, 9.17) is 10.00 Å². The van der Waals surface area contributed by atoms with Crippen molar-refractivity contribution < 1.29 is 27.1 Å². The number of rotatable bonds is 3. The van der Waals surface area contributed by atoms with Gasteiger partial charge in [0, 0.05) is 11.8 Å². The molecule has 0 fully saturated rings. The molecule has 2 rings (SSSR count). The van der Waals surface area contributed by atoms with E-state index in [-0.39, 0.29) is 11.3 Å². The van der Waals surface area contributed by atoms with Crippen molar-refractivity contribution in [2.45, 2.75) is 25.6 Å². The van der Waals surface area contributed by atoms with Crippen LogP contribution in [0.4, 0.5) is 28.0 Å². The molecule has 1 N–H and O–H groups in total. The number of hydrogen-bond donors (Lipinski definition) is 1. The molecule has 26 heavy (non-hydrogen) atoms. The number of carbonyl (C=O) groups is 1. The first-order chi connectivity index (χ1) is 12.0. The minimum Gasteiger partial charge on any atom is -0.428 e. The van der Waals surface area contributed by atoms with Crippen molar-refractivity contribution in [3.8, 4) is 17.3 Å². The molecule has 136 valence electrons. The van der Waals surface area contributed by atoms with Crippen LogP contribution < -0.4 is 5.32 Å². The third-order valence-corrected chi connectivity index (χ3v) is 3.02. The summed E-state index contributed by atoms with van der Waals surface area (Å²) < 4.78 is 57.8. The SMILES string of the molecule is CC(C)(C#N)OC(=O)Nc1ccc(-c2cncc(F)c2)nc1C(F)(F)F. The Balaban J connectivity index is 2.39. The minimum atomic E-state index is -4.90. The van der Waals surface area contributed by atoms with Gasteiger partial charge in [-0.05, 0) is 32.0 Å². The summed E-state index contributed by atoms with van der Waals surface area (Å²) in [5.74, 6) is -0.734. The lowest BCUT2D eigenvalue weighted by Gasteiger charge is -2.18. The molecule has 0 saturated carbocycles. The first kappa shape index (κ1) is 19.1. The summed E-state index contributed by atoms with van der Waals surface area (Å²) in [6.45, 7) is 2.55. The van der Waals surface area contributed by atoms with E-state index < -0.39 is 35.1 Å². The highest BCUT2D eigenvalue weighted by molar-refractivity contribution is 5.86. The van der Waals surface area contributed by atoms with E-state index in [0.29, 0.717) is 0 Å². The van der Waals surface area contributed by atoms with Gasteiger partial charge in [0.15, 0.2) is 11.3 Å². The van der Waals surface area contributed by atoms with Crippen molar-refractivity contribution in [2.75, 3.05) is 5.32 Å². The van der Waals surface area contributed by atoms with Crippen LogP contribution in [-0.2, 0) is 10.9 Å². The number of ether oxygens (including phenoxy) is 1. The van der Waals surface area contributed by atoms with Crippen LogP contribution in [0.15, 0.2) is 30.6 Å². The summed E-state index contributed by atoms with van der Waals surface area (Å²) in [4.78, 5) is 18.7. The Labute approximate surface area is 145 Å². The maximum absolute atomic E-state index is 13.3. The Morgan fingerprint density at radius 2 is 1.96 bits per heavy atom. The highest BCUT2D eigenvalue weighted by Crippen LogP contribution is 2.35. The Bertz CT molecular complexity index is 875. The molecule has 0 aliphatic carbocycles. The molecule has 0 aromatic carbocycles. The second-order valence-corrected chi connectivity index (χ2v) is 5.62. The van der Waals surface area contributed by atoms with Crippen LogP contribution >= 0.6 is 0 Å². The molecule has 1 amide bonds. The Morgan fingerprint density at radius 1 is 1.27 bits per heavy atom. The number of hydrogen-bond acceptors (Lipinski definition) is 5. The summed E-state index contributed by atoms with van der Waals surface area (Å²) in [5, 5.41) is 10.7. The monoisotopic (exact) mass is 368 g/mol.